The summed E-state index contributed by atoms with van der Waals surface area (Å²) in [6.07, 6.45) is 0.660. The van der Waals surface area contributed by atoms with Crippen LogP contribution < -0.4 is 5.73 Å². The lowest BCUT2D eigenvalue weighted by Gasteiger charge is -2.40. The molecule has 110 valence electrons. The van der Waals surface area contributed by atoms with Crippen LogP contribution >= 0.6 is 23.5 Å². The maximum atomic E-state index is 11.8. The quantitative estimate of drug-likeness (QED) is 0.412. The number of aliphatic imine (C=N–C) groups is 1. The van der Waals surface area contributed by atoms with Gasteiger partial charge in [-0.2, -0.15) is 0 Å². The molecule has 2 heterocycles. The highest BCUT2D eigenvalue weighted by Crippen LogP contribution is 2.52. The molecular formula is C11H15N3O4S2. The molecule has 1 amide bonds. The Morgan fingerprint density at radius 3 is 3.00 bits per heavy atom. The summed E-state index contributed by atoms with van der Waals surface area (Å²) in [6, 6.07) is 0. The minimum Gasteiger partial charge on any atom is -0.477 e. The molecule has 2 unspecified atom stereocenters. The van der Waals surface area contributed by atoms with Crippen LogP contribution in [0.15, 0.2) is 14.9 Å². The Morgan fingerprint density at radius 2 is 2.45 bits per heavy atom. The zero-order valence-corrected chi connectivity index (χ0v) is 12.6. The van der Waals surface area contributed by atoms with E-state index in [2.05, 4.69) is 4.99 Å². The first kappa shape index (κ1) is 15.2. The van der Waals surface area contributed by atoms with Crippen LogP contribution in [0.1, 0.15) is 6.92 Å². The molecule has 3 atom stereocenters. The number of hydrogen-bond donors (Lipinski definition) is 2. The van der Waals surface area contributed by atoms with Gasteiger partial charge in [0.05, 0.1) is 17.1 Å². The maximum Gasteiger partial charge on any atom is 0.354 e. The first-order chi connectivity index (χ1) is 9.51. The molecule has 0 spiro atoms. The van der Waals surface area contributed by atoms with E-state index in [4.69, 9.17) is 10.5 Å². The Kier molecular flexibility index (Phi) is 4.61. The fourth-order valence-corrected chi connectivity index (χ4v) is 4.99. The predicted molar refractivity (Wildman–Crippen MR) is 78.3 cm³/mol. The van der Waals surface area contributed by atoms with Gasteiger partial charge in [-0.1, -0.05) is 18.7 Å². The van der Waals surface area contributed by atoms with Crippen molar-refractivity contribution in [2.75, 3.05) is 13.7 Å². The van der Waals surface area contributed by atoms with Crippen molar-refractivity contribution in [2.45, 2.75) is 23.7 Å². The Bertz CT molecular complexity index is 494. The number of carboxylic acids is 1. The average Bonchev–Trinajstić information content (AvgIpc) is 2.72. The van der Waals surface area contributed by atoms with Crippen molar-refractivity contribution >= 4 is 41.7 Å². The summed E-state index contributed by atoms with van der Waals surface area (Å²) in [5.74, 6) is -1.40. The van der Waals surface area contributed by atoms with E-state index in [1.165, 1.54) is 41.9 Å². The molecule has 0 aromatic rings. The number of ether oxygens (including phenoxy) is 1. The molecule has 2 rings (SSSR count). The lowest BCUT2D eigenvalue weighted by molar-refractivity contribution is -0.161. The van der Waals surface area contributed by atoms with Crippen LogP contribution in [0.5, 0.6) is 0 Å². The number of carbonyl (C=O) groups excluding carboxylic acids is 1. The van der Waals surface area contributed by atoms with Crippen LogP contribution in [0.2, 0.25) is 0 Å². The Hall–Kier alpha value is -1.19. The number of thioether (sulfide) groups is 2. The van der Waals surface area contributed by atoms with Gasteiger partial charge in [-0.05, 0) is 0 Å². The number of aliphatic carboxylic acids is 1. The van der Waals surface area contributed by atoms with Crippen molar-refractivity contribution in [3.8, 4) is 0 Å². The van der Waals surface area contributed by atoms with Gasteiger partial charge >= 0.3 is 5.97 Å². The molecule has 0 bridgehead atoms. The van der Waals surface area contributed by atoms with Gasteiger partial charge in [0.2, 0.25) is 0 Å². The van der Waals surface area contributed by atoms with Crippen molar-refractivity contribution in [1.29, 1.82) is 0 Å². The molecule has 9 heteroatoms. The zero-order valence-electron chi connectivity index (χ0n) is 11.0. The van der Waals surface area contributed by atoms with E-state index in [9.17, 15) is 14.7 Å². The summed E-state index contributed by atoms with van der Waals surface area (Å²) in [5, 5.41) is 9.10. The van der Waals surface area contributed by atoms with Crippen LogP contribution in [-0.2, 0) is 14.3 Å². The Balaban J connectivity index is 2.15. The molecule has 0 aromatic carbocycles. The van der Waals surface area contributed by atoms with Crippen LogP contribution in [0, 0.1) is 0 Å². The van der Waals surface area contributed by atoms with Crippen molar-refractivity contribution in [2.24, 2.45) is 10.7 Å². The van der Waals surface area contributed by atoms with Crippen LogP contribution in [0.25, 0.3) is 0 Å². The monoisotopic (exact) mass is 317 g/mol. The van der Waals surface area contributed by atoms with Gasteiger partial charge in [-0.15, -0.1) is 11.8 Å². The highest BCUT2D eigenvalue weighted by molar-refractivity contribution is 8.23. The molecule has 20 heavy (non-hydrogen) atoms. The number of amides is 1. The summed E-state index contributed by atoms with van der Waals surface area (Å²) in [7, 11) is 1.45. The van der Waals surface area contributed by atoms with Crippen LogP contribution in [-0.4, -0.2) is 58.6 Å². The van der Waals surface area contributed by atoms with Crippen molar-refractivity contribution in [3.63, 3.8) is 0 Å². The van der Waals surface area contributed by atoms with Crippen molar-refractivity contribution in [1.82, 2.24) is 4.90 Å². The number of rotatable bonds is 6. The van der Waals surface area contributed by atoms with E-state index in [1.54, 1.807) is 0 Å². The van der Waals surface area contributed by atoms with E-state index in [-0.39, 0.29) is 22.2 Å². The summed E-state index contributed by atoms with van der Waals surface area (Å²) >= 11 is 2.74. The number of hydrogen-bond acceptors (Lipinski definition) is 6. The Labute approximate surface area is 124 Å². The van der Waals surface area contributed by atoms with Gasteiger partial charge in [0, 0.05) is 12.4 Å². The molecule has 0 radical (unpaired) electrons. The first-order valence-electron chi connectivity index (χ1n) is 5.88. The second kappa shape index (κ2) is 6.06. The van der Waals surface area contributed by atoms with Gasteiger partial charge in [-0.3, -0.25) is 14.7 Å². The largest absolute Gasteiger partial charge is 0.477 e. The number of carboxylic acid groups (broad SMARTS) is 1. The van der Waals surface area contributed by atoms with Crippen molar-refractivity contribution in [3.05, 3.63) is 9.93 Å². The number of carbonyl (C=O) groups is 2. The third-order valence-electron chi connectivity index (χ3n) is 2.89. The number of β-lactam (4-membered cyclic amide) rings is 1. The van der Waals surface area contributed by atoms with Crippen LogP contribution in [0.4, 0.5) is 0 Å². The second-order valence-electron chi connectivity index (χ2n) is 4.26. The van der Waals surface area contributed by atoms with E-state index in [1.807, 2.05) is 6.92 Å². The number of methoxy groups -OCH3 is 1. The normalized spacial score (nSPS) is 26.9. The summed E-state index contributed by atoms with van der Waals surface area (Å²) < 4.78 is 5.70. The summed E-state index contributed by atoms with van der Waals surface area (Å²) in [6.45, 7) is 2.42. The van der Waals surface area contributed by atoms with E-state index in [0.29, 0.717) is 10.8 Å². The smallest absolute Gasteiger partial charge is 0.354 e. The summed E-state index contributed by atoms with van der Waals surface area (Å²) in [4.78, 5) is 28.4. The fourth-order valence-electron chi connectivity index (χ4n) is 1.97. The van der Waals surface area contributed by atoms with Crippen LogP contribution in [0.3, 0.4) is 0 Å². The molecule has 2 aliphatic heterocycles. The molecule has 3 N–H and O–H groups in total. The van der Waals surface area contributed by atoms with Gasteiger partial charge in [0.25, 0.3) is 5.91 Å². The topological polar surface area (TPSA) is 105 Å². The maximum absolute atomic E-state index is 11.8. The highest BCUT2D eigenvalue weighted by atomic mass is 32.2. The fraction of sp³-hybridized carbons (Fsp3) is 0.545. The molecule has 0 aromatic heterocycles. The molecule has 0 saturated carbocycles. The molecular weight excluding hydrogens is 302 g/mol. The Morgan fingerprint density at radius 1 is 1.75 bits per heavy atom. The molecule has 1 fully saturated rings. The van der Waals surface area contributed by atoms with E-state index >= 15 is 0 Å². The third kappa shape index (κ3) is 2.52. The number of fused-ring (bicyclic) bond motifs is 1. The first-order valence-corrected chi connectivity index (χ1v) is 7.64. The standard InChI is InChI=1S/C11H15N3O4S2/c1-5(3-13-4-12)19-11-6(10(16)17)14-8(15)7(18-2)9(14)20-11/h4-5,7,9H,3H2,1-2H3,(H2,12,13)(H,16,17)/t5?,7?,9-/m1/s1. The minimum atomic E-state index is -1.10. The molecule has 7 nitrogen and oxygen atoms in total. The molecule has 1 saturated heterocycles. The average molecular weight is 317 g/mol. The van der Waals surface area contributed by atoms with Crippen molar-refractivity contribution < 1.29 is 19.4 Å². The van der Waals surface area contributed by atoms with Gasteiger partial charge < -0.3 is 15.6 Å². The van der Waals surface area contributed by atoms with Gasteiger partial charge in [-0.25, -0.2) is 4.79 Å². The molecule has 2 aliphatic rings. The number of nitrogens with two attached hydrogens (primary N) is 1. The second-order valence-corrected chi connectivity index (χ2v) is 7.09. The minimum absolute atomic E-state index is 0.0480. The number of nitrogens with zero attached hydrogens (tertiary/aromatic N) is 2. The highest BCUT2D eigenvalue weighted by Gasteiger charge is 2.56. The lowest BCUT2D eigenvalue weighted by atomic mass is 10.1. The van der Waals surface area contributed by atoms with E-state index < -0.39 is 12.1 Å². The van der Waals surface area contributed by atoms with Gasteiger partial charge in [0.15, 0.2) is 11.8 Å². The summed E-state index contributed by atoms with van der Waals surface area (Å²) in [5.41, 5.74) is 5.24. The van der Waals surface area contributed by atoms with Gasteiger partial charge in [0.1, 0.15) is 5.37 Å². The van der Waals surface area contributed by atoms with E-state index in [0.717, 1.165) is 0 Å². The lowest BCUT2D eigenvalue weighted by Crippen LogP contribution is -2.61. The third-order valence-corrected chi connectivity index (χ3v) is 5.53. The SMILES string of the molecule is COC1C(=O)N2C(C(=O)O)=C(SC(C)CN=CN)S[C@H]12. The zero-order chi connectivity index (χ0) is 14.9. The predicted octanol–water partition coefficient (Wildman–Crippen LogP) is 0.279. The molecule has 0 aliphatic carbocycles.